The maximum atomic E-state index is 9.40. The first-order valence-corrected chi connectivity index (χ1v) is 7.32. The Morgan fingerprint density at radius 2 is 1.86 bits per heavy atom. The van der Waals surface area contributed by atoms with Gasteiger partial charge in [0.1, 0.15) is 23.7 Å². The predicted octanol–water partition coefficient (Wildman–Crippen LogP) is 3.75. The van der Waals surface area contributed by atoms with Crippen molar-refractivity contribution in [2.75, 3.05) is 5.32 Å². The minimum Gasteiger partial charge on any atom is -0.269 e. The van der Waals surface area contributed by atoms with Crippen LogP contribution in [0.5, 0.6) is 0 Å². The molecule has 0 aliphatic heterocycles. The summed E-state index contributed by atoms with van der Waals surface area (Å²) in [6.07, 6.45) is 0. The Bertz CT molecular complexity index is 861. The van der Waals surface area contributed by atoms with Gasteiger partial charge in [-0.3, -0.25) is 5.32 Å². The van der Waals surface area contributed by atoms with Crippen molar-refractivity contribution in [3.8, 4) is 6.07 Å². The maximum Gasteiger partial charge on any atom is 0.291 e. The number of hydrogen-bond donors (Lipinski definition) is 1. The van der Waals surface area contributed by atoms with Crippen LogP contribution >= 0.6 is 0 Å². The number of nitrogens with one attached hydrogen (secondary N) is 2. The van der Waals surface area contributed by atoms with E-state index in [1.54, 1.807) is 0 Å². The number of hydrogen-bond acceptors (Lipinski definition) is 2. The molecule has 0 radical (unpaired) electrons. The first kappa shape index (κ1) is 14.1. The van der Waals surface area contributed by atoms with E-state index in [1.807, 2.05) is 24.3 Å². The van der Waals surface area contributed by atoms with Crippen LogP contribution < -0.4 is 10.3 Å². The number of rotatable bonds is 3. The average molecular weight is 288 g/mol. The Kier molecular flexibility index (Phi) is 3.76. The minimum atomic E-state index is 0.633. The summed E-state index contributed by atoms with van der Waals surface area (Å²) < 4.78 is 0. The Morgan fingerprint density at radius 1 is 1.09 bits per heavy atom. The molecule has 2 N–H and O–H groups in total. The van der Waals surface area contributed by atoms with Crippen LogP contribution in [0.25, 0.3) is 10.9 Å². The third-order valence-corrected chi connectivity index (χ3v) is 3.76. The Hall–Kier alpha value is -2.86. The van der Waals surface area contributed by atoms with Crippen molar-refractivity contribution in [2.45, 2.75) is 20.4 Å². The van der Waals surface area contributed by atoms with Gasteiger partial charge in [0, 0.05) is 5.39 Å². The highest BCUT2D eigenvalue weighted by Gasteiger charge is 2.14. The number of nitriles is 1. The largest absolute Gasteiger partial charge is 0.291 e. The van der Waals surface area contributed by atoms with E-state index in [-0.39, 0.29) is 0 Å². The minimum absolute atomic E-state index is 0.633. The summed E-state index contributed by atoms with van der Waals surface area (Å²) in [4.78, 5) is 3.38. The highest BCUT2D eigenvalue weighted by Crippen LogP contribution is 2.21. The lowest BCUT2D eigenvalue weighted by Crippen LogP contribution is -2.17. The molecule has 0 amide bonds. The number of nitrogens with zero attached hydrogens (tertiary/aromatic N) is 1. The smallest absolute Gasteiger partial charge is 0.269 e. The van der Waals surface area contributed by atoms with Gasteiger partial charge in [-0.15, -0.1) is 0 Å². The number of anilines is 1. The highest BCUT2D eigenvalue weighted by atomic mass is 15.0. The lowest BCUT2D eigenvalue weighted by molar-refractivity contribution is -0.328. The van der Waals surface area contributed by atoms with Crippen molar-refractivity contribution in [2.24, 2.45) is 0 Å². The van der Waals surface area contributed by atoms with Crippen molar-refractivity contribution < 1.29 is 4.98 Å². The molecular formula is C19H18N3+. The summed E-state index contributed by atoms with van der Waals surface area (Å²) in [7, 11) is 0. The summed E-state index contributed by atoms with van der Waals surface area (Å²) in [6, 6.07) is 18.6. The number of pyridine rings is 1. The SMILES string of the molecule is Cc1cc(C)c2[nH+]c(NCc3ccccc3)c(C#N)cc2c1. The standard InChI is InChI=1S/C19H17N3/c1-13-8-14(2)18-16(9-13)10-17(11-20)19(22-18)21-12-15-6-4-3-5-7-15/h3-10H,12H2,1-2H3,(H,21,22)/p+1. The zero-order chi connectivity index (χ0) is 15.5. The molecule has 108 valence electrons. The fourth-order valence-corrected chi connectivity index (χ4v) is 2.72. The van der Waals surface area contributed by atoms with Gasteiger partial charge in [-0.1, -0.05) is 36.4 Å². The molecule has 3 heteroatoms. The molecule has 0 aliphatic carbocycles. The van der Waals surface area contributed by atoms with Gasteiger partial charge >= 0.3 is 0 Å². The Morgan fingerprint density at radius 3 is 2.59 bits per heavy atom. The quantitative estimate of drug-likeness (QED) is 0.798. The molecule has 3 rings (SSSR count). The van der Waals surface area contributed by atoms with E-state index < -0.39 is 0 Å². The molecule has 0 spiro atoms. The maximum absolute atomic E-state index is 9.40. The molecule has 3 aromatic rings. The summed E-state index contributed by atoms with van der Waals surface area (Å²) in [5.41, 5.74) is 5.27. The van der Waals surface area contributed by atoms with Crippen LogP contribution in [-0.4, -0.2) is 0 Å². The van der Waals surface area contributed by atoms with Gasteiger partial charge in [0.05, 0.1) is 0 Å². The van der Waals surface area contributed by atoms with Crippen LogP contribution in [0.2, 0.25) is 0 Å². The number of aromatic amines is 1. The molecule has 3 nitrogen and oxygen atoms in total. The summed E-state index contributed by atoms with van der Waals surface area (Å²) >= 11 is 0. The van der Waals surface area contributed by atoms with E-state index in [2.05, 4.69) is 54.5 Å². The number of aromatic nitrogens is 1. The normalized spacial score (nSPS) is 10.4. The molecule has 1 aromatic heterocycles. The van der Waals surface area contributed by atoms with Crippen molar-refractivity contribution >= 4 is 16.7 Å². The van der Waals surface area contributed by atoms with E-state index in [9.17, 15) is 5.26 Å². The van der Waals surface area contributed by atoms with Crippen molar-refractivity contribution in [1.82, 2.24) is 0 Å². The second kappa shape index (κ2) is 5.87. The number of H-pyrrole nitrogens is 1. The summed E-state index contributed by atoms with van der Waals surface area (Å²) in [6.45, 7) is 4.83. The van der Waals surface area contributed by atoms with Gasteiger partial charge in [0.2, 0.25) is 0 Å². The molecule has 0 saturated heterocycles. The molecule has 0 saturated carbocycles. The summed E-state index contributed by atoms with van der Waals surface area (Å²) in [5, 5.41) is 13.8. The van der Waals surface area contributed by atoms with Crippen LogP contribution in [0.4, 0.5) is 5.82 Å². The van der Waals surface area contributed by atoms with Gasteiger partial charge in [0.25, 0.3) is 5.82 Å². The van der Waals surface area contributed by atoms with Gasteiger partial charge in [-0.2, -0.15) is 5.26 Å². The van der Waals surface area contributed by atoms with Crippen molar-refractivity contribution in [1.29, 1.82) is 5.26 Å². The van der Waals surface area contributed by atoms with Gasteiger partial charge < -0.3 is 0 Å². The fraction of sp³-hybridized carbons (Fsp3) is 0.158. The summed E-state index contributed by atoms with van der Waals surface area (Å²) in [5.74, 6) is 0.769. The molecule has 0 fully saturated rings. The van der Waals surface area contributed by atoms with E-state index in [0.717, 1.165) is 16.7 Å². The van der Waals surface area contributed by atoms with Crippen molar-refractivity contribution in [3.05, 3.63) is 70.8 Å². The topological polar surface area (TPSA) is 50.0 Å². The molecule has 0 atom stereocenters. The molecular weight excluding hydrogens is 270 g/mol. The van der Waals surface area contributed by atoms with E-state index in [4.69, 9.17) is 0 Å². The second-order valence-electron chi connectivity index (χ2n) is 5.56. The molecule has 1 heterocycles. The van der Waals surface area contributed by atoms with Crippen LogP contribution in [0.3, 0.4) is 0 Å². The highest BCUT2D eigenvalue weighted by molar-refractivity contribution is 5.82. The van der Waals surface area contributed by atoms with Crippen LogP contribution in [0.15, 0.2) is 48.5 Å². The molecule has 0 unspecified atom stereocenters. The van der Waals surface area contributed by atoms with Crippen LogP contribution in [-0.2, 0) is 6.54 Å². The number of benzene rings is 2. The first-order valence-electron chi connectivity index (χ1n) is 7.32. The first-order chi connectivity index (χ1) is 10.7. The van der Waals surface area contributed by atoms with Gasteiger partial charge in [-0.25, -0.2) is 4.98 Å². The zero-order valence-electron chi connectivity index (χ0n) is 12.8. The predicted molar refractivity (Wildman–Crippen MR) is 88.5 cm³/mol. The number of aryl methyl sites for hydroxylation is 2. The second-order valence-corrected chi connectivity index (χ2v) is 5.56. The molecule has 22 heavy (non-hydrogen) atoms. The lowest BCUT2D eigenvalue weighted by atomic mass is 10.1. The van der Waals surface area contributed by atoms with E-state index >= 15 is 0 Å². The lowest BCUT2D eigenvalue weighted by Gasteiger charge is -2.06. The van der Waals surface area contributed by atoms with Gasteiger partial charge in [-0.05, 0) is 42.7 Å². The molecule has 0 bridgehead atoms. The molecule has 2 aromatic carbocycles. The van der Waals surface area contributed by atoms with E-state index in [1.165, 1.54) is 16.7 Å². The number of fused-ring (bicyclic) bond motifs is 1. The fourth-order valence-electron chi connectivity index (χ4n) is 2.72. The van der Waals surface area contributed by atoms with Gasteiger partial charge in [0.15, 0.2) is 0 Å². The Balaban J connectivity index is 2.00. The van der Waals surface area contributed by atoms with Crippen LogP contribution in [0, 0.1) is 25.2 Å². The van der Waals surface area contributed by atoms with E-state index in [0.29, 0.717) is 12.1 Å². The zero-order valence-corrected chi connectivity index (χ0v) is 12.8. The monoisotopic (exact) mass is 288 g/mol. The third kappa shape index (κ3) is 2.77. The average Bonchev–Trinajstić information content (AvgIpc) is 2.53. The van der Waals surface area contributed by atoms with Crippen molar-refractivity contribution in [3.63, 3.8) is 0 Å². The molecule has 0 aliphatic rings. The van der Waals surface area contributed by atoms with Crippen LogP contribution in [0.1, 0.15) is 22.3 Å². The Labute approximate surface area is 130 Å². The third-order valence-electron chi connectivity index (χ3n) is 3.76.